The van der Waals surface area contributed by atoms with Crippen LogP contribution in [0, 0.1) is 49.7 Å². The van der Waals surface area contributed by atoms with Crippen molar-refractivity contribution < 1.29 is 13.2 Å². The second kappa shape index (κ2) is 18.1. The molecule has 9 aromatic carbocycles. The molecule has 0 aliphatic rings. The zero-order chi connectivity index (χ0) is 52.4. The Morgan fingerprint density at radius 2 is 0.776 bits per heavy atom. The molecule has 0 radical (unpaired) electrons. The predicted octanol–water partition coefficient (Wildman–Crippen LogP) is 16.9. The molecule has 3 aromatic heterocycles. The van der Waals surface area contributed by atoms with Crippen molar-refractivity contribution in [1.82, 2.24) is 24.1 Å². The Bertz CT molecular complexity index is 4100. The molecule has 12 rings (SSSR count). The molecule has 0 aliphatic carbocycles. The van der Waals surface area contributed by atoms with Crippen molar-refractivity contribution in [3.63, 3.8) is 0 Å². The first-order chi connectivity index (χ1) is 37.0. The minimum Gasteiger partial charge on any atom is -0.308 e. The molecule has 3 heterocycles. The van der Waals surface area contributed by atoms with Crippen molar-refractivity contribution in [2.24, 2.45) is 0 Å². The molecule has 12 aromatic rings. The van der Waals surface area contributed by atoms with Crippen LogP contribution >= 0.6 is 0 Å². The highest BCUT2D eigenvalue weighted by Crippen LogP contribution is 2.48. The highest BCUT2D eigenvalue weighted by atomic mass is 19.4. The Kier molecular flexibility index (Phi) is 11.1. The van der Waals surface area contributed by atoms with Crippen LogP contribution in [0.3, 0.4) is 0 Å². The quantitative estimate of drug-likeness (QED) is 0.148. The van der Waals surface area contributed by atoms with Crippen LogP contribution in [0.25, 0.3) is 121 Å². The monoisotopic (exact) mass is 987 g/mol. The number of hydrogen-bond donors (Lipinski definition) is 0. The Hall–Kier alpha value is -10.7. The van der Waals surface area contributed by atoms with E-state index in [4.69, 9.17) is 23.1 Å². The van der Waals surface area contributed by atoms with Crippen molar-refractivity contribution in [3.05, 3.63) is 233 Å². The van der Waals surface area contributed by atoms with Gasteiger partial charge in [-0.25, -0.2) is 24.6 Å². The number of nitrogens with zero attached hydrogens (tertiary/aromatic N) is 9. The smallest absolute Gasteiger partial charge is 0.308 e. The van der Waals surface area contributed by atoms with Crippen LogP contribution in [-0.2, 0) is 6.18 Å². The Balaban J connectivity index is 1.28. The minimum atomic E-state index is -5.06. The fourth-order valence-electron chi connectivity index (χ4n) is 10.7. The molecule has 0 fully saturated rings. The molecule has 0 atom stereocenters. The maximum Gasteiger partial charge on any atom is 0.420 e. The minimum absolute atomic E-state index is 0.147. The van der Waals surface area contributed by atoms with Crippen molar-refractivity contribution in [2.45, 2.75) is 20.0 Å². The van der Waals surface area contributed by atoms with Gasteiger partial charge in [-0.3, -0.25) is 0 Å². The van der Waals surface area contributed by atoms with E-state index in [1.165, 1.54) is 12.1 Å². The van der Waals surface area contributed by atoms with Crippen LogP contribution in [-0.4, -0.2) is 24.1 Å². The third-order valence-electron chi connectivity index (χ3n) is 13.9. The molecule has 0 saturated carbocycles. The normalized spacial score (nSPS) is 11.4. The summed E-state index contributed by atoms with van der Waals surface area (Å²) >= 11 is 0. The topological polar surface area (TPSA) is 105 Å². The average molecular weight is 988 g/mol. The van der Waals surface area contributed by atoms with Crippen LogP contribution in [0.1, 0.15) is 28.3 Å². The maximum atomic E-state index is 17.3. The summed E-state index contributed by atoms with van der Waals surface area (Å²) in [6, 6.07) is 58.2. The number of benzene rings is 9. The van der Waals surface area contributed by atoms with Crippen LogP contribution in [0.2, 0.25) is 0 Å². The molecule has 0 amide bonds. The lowest BCUT2D eigenvalue weighted by Crippen LogP contribution is -2.16. The number of aromatic nitrogens is 5. The largest absolute Gasteiger partial charge is 0.420 e. The maximum absolute atomic E-state index is 17.3. The molecular weight excluding hydrogens is 952 g/mol. The number of nitriles is 2. The van der Waals surface area contributed by atoms with Gasteiger partial charge in [0.1, 0.15) is 17.2 Å². The molecule has 0 unspecified atom stereocenters. The van der Waals surface area contributed by atoms with Gasteiger partial charge in [-0.05, 0) is 107 Å². The van der Waals surface area contributed by atoms with Gasteiger partial charge in [0.25, 0.3) is 0 Å². The second-order valence-electron chi connectivity index (χ2n) is 18.3. The summed E-state index contributed by atoms with van der Waals surface area (Å²) in [6.07, 6.45) is -5.06. The Morgan fingerprint density at radius 3 is 1.13 bits per heavy atom. The number of halogens is 3. The molecule has 0 saturated heterocycles. The lowest BCUT2D eigenvalue weighted by atomic mass is 9.98. The van der Waals surface area contributed by atoms with Gasteiger partial charge in [-0.15, -0.1) is 0 Å². The molecule has 0 N–H and O–H groups in total. The predicted molar refractivity (Wildman–Crippen MR) is 292 cm³/mol. The van der Waals surface area contributed by atoms with Crippen molar-refractivity contribution >= 4 is 55.0 Å². The van der Waals surface area contributed by atoms with E-state index < -0.39 is 11.7 Å². The number of para-hydroxylation sites is 2. The van der Waals surface area contributed by atoms with Gasteiger partial charge in [0.2, 0.25) is 0 Å². The summed E-state index contributed by atoms with van der Waals surface area (Å²) in [4.78, 5) is 21.5. The van der Waals surface area contributed by atoms with Crippen LogP contribution < -0.4 is 0 Å². The summed E-state index contributed by atoms with van der Waals surface area (Å²) in [5, 5.41) is 23.1. The number of alkyl halides is 3. The van der Waals surface area contributed by atoms with Crippen LogP contribution in [0.15, 0.2) is 182 Å². The van der Waals surface area contributed by atoms with Gasteiger partial charge in [-0.2, -0.15) is 23.7 Å². The molecular formula is C64H36F3N9. The Labute approximate surface area is 433 Å². The van der Waals surface area contributed by atoms with E-state index in [1.807, 2.05) is 121 Å². The van der Waals surface area contributed by atoms with Gasteiger partial charge in [0.05, 0.1) is 69.9 Å². The highest BCUT2D eigenvalue weighted by molar-refractivity contribution is 6.13. The summed E-state index contributed by atoms with van der Waals surface area (Å²) in [6.45, 7) is 19.5. The van der Waals surface area contributed by atoms with Crippen molar-refractivity contribution in [3.8, 4) is 79.4 Å². The zero-order valence-corrected chi connectivity index (χ0v) is 40.5. The number of rotatable bonds is 7. The van der Waals surface area contributed by atoms with E-state index in [-0.39, 0.29) is 22.8 Å². The van der Waals surface area contributed by atoms with Crippen LogP contribution in [0.5, 0.6) is 0 Å². The molecule has 0 spiro atoms. The summed E-state index contributed by atoms with van der Waals surface area (Å²) < 4.78 is 55.2. The molecule has 9 nitrogen and oxygen atoms in total. The summed E-state index contributed by atoms with van der Waals surface area (Å²) in [7, 11) is 0. The van der Waals surface area contributed by atoms with E-state index in [1.54, 1.807) is 71.5 Å². The first-order valence-electron chi connectivity index (χ1n) is 24.0. The molecule has 76 heavy (non-hydrogen) atoms. The number of hydrogen-bond acceptors (Lipinski definition) is 5. The van der Waals surface area contributed by atoms with Gasteiger partial charge in [0, 0.05) is 27.1 Å². The first-order valence-corrected chi connectivity index (χ1v) is 24.0. The SMILES string of the molecule is [C-]#[N+]c1ccccc1-c1ccc2c3ccc(-c4ccccc4C#N)cc3n(-c3cc(-c4nc(C)nc(C)n4)cc(-n4c5cc(-c6ccccc6C#N)ccc5c5ccc(-c6ccccc6[N+]#[C-])cc54)c3C(F)(F)F)c2c1. The lowest BCUT2D eigenvalue weighted by molar-refractivity contribution is -0.137. The molecule has 358 valence electrons. The number of fused-ring (bicyclic) bond motifs is 6. The van der Waals surface area contributed by atoms with Crippen molar-refractivity contribution in [1.29, 1.82) is 10.5 Å². The average Bonchev–Trinajstić information content (AvgIpc) is 4.16. The summed E-state index contributed by atoms with van der Waals surface area (Å²) in [5.74, 6) is 0.882. The van der Waals surface area contributed by atoms with E-state index in [2.05, 4.69) is 26.8 Å². The fraction of sp³-hybridized carbons (Fsp3) is 0.0469. The standard InChI is InChI=1S/C64H36F3N9/c1-37-72-38(2)74-63(73-37)45-33-60(75-56-29-39(46-15-7-5-13-43(46)35-68)21-25-50(56)52-27-23-41(31-58(52)75)48-17-9-11-19-54(48)70-3)62(64(65,66)67)61(34-45)76-57-30-40(47-16-8-6-14-44(47)36-69)22-26-51(57)53-28-24-42(32-59(53)76)49-18-10-12-20-55(49)71-4/h5-34H,1-2H3. The van der Waals surface area contributed by atoms with E-state index in [9.17, 15) is 10.5 Å². The third-order valence-corrected chi connectivity index (χ3v) is 13.9. The fourth-order valence-corrected chi connectivity index (χ4v) is 10.7. The molecule has 12 heteroatoms. The third kappa shape index (κ3) is 7.65. The summed E-state index contributed by atoms with van der Waals surface area (Å²) in [5.41, 5.74) is 6.89. The molecule has 0 bridgehead atoms. The Morgan fingerprint density at radius 1 is 0.434 bits per heavy atom. The second-order valence-corrected chi connectivity index (χ2v) is 18.3. The van der Waals surface area contributed by atoms with Crippen LogP contribution in [0.4, 0.5) is 24.5 Å². The highest BCUT2D eigenvalue weighted by Gasteiger charge is 2.40. The van der Waals surface area contributed by atoms with E-state index in [0.717, 1.165) is 0 Å². The molecule has 0 aliphatic heterocycles. The van der Waals surface area contributed by atoms with Gasteiger partial charge in [0.15, 0.2) is 17.2 Å². The number of aryl methyl sites for hydroxylation is 2. The van der Waals surface area contributed by atoms with Gasteiger partial charge in [-0.1, -0.05) is 133 Å². The van der Waals surface area contributed by atoms with Crippen molar-refractivity contribution in [2.75, 3.05) is 0 Å². The van der Waals surface area contributed by atoms with Gasteiger partial charge >= 0.3 is 6.18 Å². The van der Waals surface area contributed by atoms with E-state index in [0.29, 0.717) is 122 Å². The lowest BCUT2D eigenvalue weighted by Gasteiger charge is -2.23. The van der Waals surface area contributed by atoms with E-state index >= 15 is 13.2 Å². The van der Waals surface area contributed by atoms with Gasteiger partial charge < -0.3 is 9.13 Å². The first kappa shape index (κ1) is 46.4. The zero-order valence-electron chi connectivity index (χ0n) is 40.5.